The second-order valence-corrected chi connectivity index (χ2v) is 5.03. The summed E-state index contributed by atoms with van der Waals surface area (Å²) in [5.74, 6) is 0.519. The smallest absolute Gasteiger partial charge is 0.188 e. The number of nitrogens with two attached hydrogens (primary N) is 1. The van der Waals surface area contributed by atoms with Crippen molar-refractivity contribution in [3.8, 4) is 0 Å². The molecule has 0 aliphatic carbocycles. The number of halogens is 1. The third-order valence-corrected chi connectivity index (χ3v) is 3.22. The molecule has 1 aromatic heterocycles. The Morgan fingerprint density at radius 3 is 2.64 bits per heavy atom. The minimum atomic E-state index is 0. The van der Waals surface area contributed by atoms with Crippen LogP contribution in [0.2, 0.25) is 0 Å². The highest BCUT2D eigenvalue weighted by atomic mass is 127. The van der Waals surface area contributed by atoms with Gasteiger partial charge in [-0.2, -0.15) is 0 Å². The van der Waals surface area contributed by atoms with Gasteiger partial charge in [0.25, 0.3) is 0 Å². The van der Waals surface area contributed by atoms with E-state index in [0.29, 0.717) is 12.5 Å². The number of nitrogens with zero attached hydrogens (tertiary/aromatic N) is 3. The van der Waals surface area contributed by atoms with Crippen LogP contribution in [0, 0.1) is 0 Å². The van der Waals surface area contributed by atoms with Crippen molar-refractivity contribution >= 4 is 29.9 Å². The van der Waals surface area contributed by atoms with Gasteiger partial charge in [-0.05, 0) is 17.5 Å². The number of aromatic nitrogens is 2. The van der Waals surface area contributed by atoms with E-state index < -0.39 is 0 Å². The molecule has 1 aromatic carbocycles. The van der Waals surface area contributed by atoms with Crippen LogP contribution in [-0.4, -0.2) is 22.1 Å². The number of hydrogen-bond donors (Lipinski definition) is 2. The van der Waals surface area contributed by atoms with Gasteiger partial charge in [0.15, 0.2) is 5.96 Å². The Labute approximate surface area is 149 Å². The number of guanidine groups is 1. The minimum absolute atomic E-state index is 0. The van der Waals surface area contributed by atoms with Gasteiger partial charge in [-0.15, -0.1) is 24.0 Å². The van der Waals surface area contributed by atoms with Crippen molar-refractivity contribution < 1.29 is 0 Å². The van der Waals surface area contributed by atoms with E-state index in [2.05, 4.69) is 46.5 Å². The molecule has 5 nitrogen and oxygen atoms in total. The van der Waals surface area contributed by atoms with Gasteiger partial charge in [0.1, 0.15) is 0 Å². The summed E-state index contributed by atoms with van der Waals surface area (Å²) in [6, 6.07) is 8.42. The normalized spacial score (nSPS) is 11.0. The molecule has 2 aromatic rings. The van der Waals surface area contributed by atoms with Gasteiger partial charge in [0.05, 0.1) is 12.9 Å². The quantitative estimate of drug-likeness (QED) is 0.318. The third kappa shape index (κ3) is 6.46. The molecule has 0 saturated heterocycles. The third-order valence-electron chi connectivity index (χ3n) is 3.22. The molecule has 1 heterocycles. The largest absolute Gasteiger partial charge is 0.370 e. The number of imidazole rings is 1. The van der Waals surface area contributed by atoms with E-state index in [-0.39, 0.29) is 24.0 Å². The summed E-state index contributed by atoms with van der Waals surface area (Å²) < 4.78 is 2.04. The molecule has 6 heteroatoms. The van der Waals surface area contributed by atoms with E-state index in [1.54, 1.807) is 6.20 Å². The fraction of sp³-hybridized carbons (Fsp3) is 0.375. The van der Waals surface area contributed by atoms with Crippen molar-refractivity contribution in [3.05, 3.63) is 54.1 Å². The van der Waals surface area contributed by atoms with Crippen molar-refractivity contribution in [3.63, 3.8) is 0 Å². The van der Waals surface area contributed by atoms with Gasteiger partial charge in [-0.25, -0.2) is 9.98 Å². The van der Waals surface area contributed by atoms with E-state index in [9.17, 15) is 0 Å². The van der Waals surface area contributed by atoms with Gasteiger partial charge in [-0.1, -0.05) is 37.6 Å². The van der Waals surface area contributed by atoms with Crippen molar-refractivity contribution in [2.24, 2.45) is 10.7 Å². The van der Waals surface area contributed by atoms with Crippen LogP contribution in [0.1, 0.15) is 30.9 Å². The van der Waals surface area contributed by atoms with E-state index in [4.69, 9.17) is 5.73 Å². The molecule has 0 bridgehead atoms. The standard InChI is InChI=1S/C16H23N5.HI/c1-2-3-8-19-16(17)20-11-14-4-6-15(7-5-14)12-21-10-9-18-13-21;/h4-7,9-10,13H,2-3,8,11-12H2,1H3,(H3,17,19,20);1H. The maximum Gasteiger partial charge on any atom is 0.188 e. The highest BCUT2D eigenvalue weighted by Gasteiger charge is 1.97. The molecule has 0 radical (unpaired) electrons. The molecule has 0 saturated carbocycles. The number of aliphatic imine (C=N–C) groups is 1. The molecule has 0 unspecified atom stereocenters. The lowest BCUT2D eigenvalue weighted by molar-refractivity contribution is 0.748. The van der Waals surface area contributed by atoms with E-state index in [1.165, 1.54) is 5.56 Å². The highest BCUT2D eigenvalue weighted by Crippen LogP contribution is 2.07. The van der Waals surface area contributed by atoms with E-state index in [0.717, 1.165) is 31.5 Å². The fourth-order valence-corrected chi connectivity index (χ4v) is 1.97. The molecule has 0 aliphatic rings. The van der Waals surface area contributed by atoms with Crippen molar-refractivity contribution in [2.45, 2.75) is 32.9 Å². The highest BCUT2D eigenvalue weighted by molar-refractivity contribution is 14.0. The molecule has 0 spiro atoms. The molecule has 3 N–H and O–H groups in total. The summed E-state index contributed by atoms with van der Waals surface area (Å²) >= 11 is 0. The Hall–Kier alpha value is -1.57. The number of hydrogen-bond acceptors (Lipinski definition) is 2. The monoisotopic (exact) mass is 413 g/mol. The Morgan fingerprint density at radius 1 is 1.27 bits per heavy atom. The SMILES string of the molecule is CCCCNC(N)=NCc1ccc(Cn2ccnc2)cc1.I. The topological polar surface area (TPSA) is 68.2 Å². The summed E-state index contributed by atoms with van der Waals surface area (Å²) in [7, 11) is 0. The van der Waals surface area contributed by atoms with Crippen molar-refractivity contribution in [1.82, 2.24) is 14.9 Å². The minimum Gasteiger partial charge on any atom is -0.370 e. The Morgan fingerprint density at radius 2 is 2.00 bits per heavy atom. The van der Waals surface area contributed by atoms with Crippen molar-refractivity contribution in [1.29, 1.82) is 0 Å². The lowest BCUT2D eigenvalue weighted by Crippen LogP contribution is -2.32. The van der Waals surface area contributed by atoms with Gasteiger partial charge in [0.2, 0.25) is 0 Å². The number of rotatable bonds is 7. The average Bonchev–Trinajstić information content (AvgIpc) is 3.00. The second-order valence-electron chi connectivity index (χ2n) is 5.03. The summed E-state index contributed by atoms with van der Waals surface area (Å²) in [6.45, 7) is 4.48. The number of nitrogens with one attached hydrogen (secondary N) is 1. The summed E-state index contributed by atoms with van der Waals surface area (Å²) in [4.78, 5) is 8.38. The Bertz CT molecular complexity index is 548. The Kier molecular flexibility index (Phi) is 8.57. The lowest BCUT2D eigenvalue weighted by atomic mass is 10.1. The molecule has 0 aliphatic heterocycles. The molecule has 2 rings (SSSR count). The first-order chi connectivity index (χ1) is 10.3. The zero-order chi connectivity index (χ0) is 14.9. The molecule has 22 heavy (non-hydrogen) atoms. The van der Waals surface area contributed by atoms with Gasteiger partial charge < -0.3 is 15.6 Å². The van der Waals surface area contributed by atoms with Crippen LogP contribution in [0.4, 0.5) is 0 Å². The van der Waals surface area contributed by atoms with Gasteiger partial charge in [-0.3, -0.25) is 0 Å². The lowest BCUT2D eigenvalue weighted by Gasteiger charge is -2.06. The van der Waals surface area contributed by atoms with Crippen LogP contribution in [0.15, 0.2) is 48.0 Å². The van der Waals surface area contributed by atoms with Crippen LogP contribution < -0.4 is 11.1 Å². The fourth-order valence-electron chi connectivity index (χ4n) is 1.97. The molecule has 0 atom stereocenters. The summed E-state index contributed by atoms with van der Waals surface area (Å²) in [5.41, 5.74) is 8.21. The first kappa shape index (κ1) is 18.5. The zero-order valence-electron chi connectivity index (χ0n) is 12.9. The van der Waals surface area contributed by atoms with Crippen LogP contribution in [0.3, 0.4) is 0 Å². The van der Waals surface area contributed by atoms with E-state index in [1.807, 2.05) is 17.1 Å². The zero-order valence-corrected chi connectivity index (χ0v) is 15.2. The summed E-state index contributed by atoms with van der Waals surface area (Å²) in [5, 5.41) is 3.11. The van der Waals surface area contributed by atoms with Crippen LogP contribution in [0.5, 0.6) is 0 Å². The molecule has 0 fully saturated rings. The van der Waals surface area contributed by atoms with Crippen LogP contribution in [-0.2, 0) is 13.1 Å². The maximum absolute atomic E-state index is 5.81. The first-order valence-electron chi connectivity index (χ1n) is 7.35. The summed E-state index contributed by atoms with van der Waals surface area (Å²) in [6.07, 6.45) is 7.83. The van der Waals surface area contributed by atoms with Gasteiger partial charge in [0, 0.05) is 25.5 Å². The van der Waals surface area contributed by atoms with E-state index >= 15 is 0 Å². The van der Waals surface area contributed by atoms with Crippen LogP contribution >= 0.6 is 24.0 Å². The number of unbranched alkanes of at least 4 members (excludes halogenated alkanes) is 1. The average molecular weight is 413 g/mol. The molecular weight excluding hydrogens is 389 g/mol. The number of benzene rings is 1. The predicted molar refractivity (Wildman–Crippen MR) is 101 cm³/mol. The molecule has 120 valence electrons. The molecule has 0 amide bonds. The predicted octanol–water partition coefficient (Wildman–Crippen LogP) is 2.75. The Balaban J connectivity index is 0.00000242. The van der Waals surface area contributed by atoms with Crippen molar-refractivity contribution in [2.75, 3.05) is 6.54 Å². The maximum atomic E-state index is 5.81. The van der Waals surface area contributed by atoms with Gasteiger partial charge >= 0.3 is 0 Å². The molecular formula is C16H24IN5. The van der Waals surface area contributed by atoms with Crippen LogP contribution in [0.25, 0.3) is 0 Å². The second kappa shape index (κ2) is 10.2. The first-order valence-corrected chi connectivity index (χ1v) is 7.35.